The largest absolute Gasteiger partial charge is 0.467 e. The van der Waals surface area contributed by atoms with Crippen LogP contribution >= 0.6 is 0 Å². The molecule has 0 fully saturated rings. The average molecular weight is 452 g/mol. The van der Waals surface area contributed by atoms with E-state index in [-0.39, 0.29) is 25.0 Å². The van der Waals surface area contributed by atoms with E-state index in [1.54, 1.807) is 23.3 Å². The number of hydrogen-bond acceptors (Lipinski definition) is 4. The highest BCUT2D eigenvalue weighted by atomic mass is 16.3. The van der Waals surface area contributed by atoms with Crippen molar-refractivity contribution in [2.45, 2.75) is 52.7 Å². The van der Waals surface area contributed by atoms with E-state index in [4.69, 9.17) is 8.83 Å². The summed E-state index contributed by atoms with van der Waals surface area (Å²) in [5, 5.41) is 2.94. The van der Waals surface area contributed by atoms with Crippen molar-refractivity contribution in [1.29, 1.82) is 0 Å². The van der Waals surface area contributed by atoms with Crippen molar-refractivity contribution in [1.82, 2.24) is 15.1 Å². The van der Waals surface area contributed by atoms with E-state index in [0.29, 0.717) is 31.0 Å². The fourth-order valence-corrected chi connectivity index (χ4v) is 3.41. The quantitative estimate of drug-likeness (QED) is 0.509. The molecule has 7 nitrogen and oxygen atoms in total. The van der Waals surface area contributed by atoms with Gasteiger partial charge in [0.05, 0.1) is 19.4 Å². The molecule has 0 bridgehead atoms. The highest BCUT2D eigenvalue weighted by molar-refractivity contribution is 5.84. The van der Waals surface area contributed by atoms with Gasteiger partial charge in [-0.15, -0.1) is 0 Å². The van der Waals surface area contributed by atoms with Gasteiger partial charge in [0.1, 0.15) is 23.8 Å². The lowest BCUT2D eigenvalue weighted by Crippen LogP contribution is -2.51. The smallest absolute Gasteiger partial charge is 0.318 e. The lowest BCUT2D eigenvalue weighted by atomic mass is 10.1. The Morgan fingerprint density at radius 3 is 2.24 bits per heavy atom. The molecule has 1 N–H and O–H groups in total. The summed E-state index contributed by atoms with van der Waals surface area (Å²) in [6.07, 6.45) is 2.26. The maximum Gasteiger partial charge on any atom is 0.318 e. The zero-order chi connectivity index (χ0) is 23.8. The fraction of sp³-hybridized carbons (Fsp3) is 0.385. The van der Waals surface area contributed by atoms with E-state index in [9.17, 15) is 9.59 Å². The summed E-state index contributed by atoms with van der Waals surface area (Å²) in [6.45, 7) is 8.58. The topological polar surface area (TPSA) is 78.9 Å². The standard InChI is InChI=1S/C26H33N3O4/c1-20-12-13-23(33-20)18-28(15-14-21-9-6-5-7-10-21)24(30)19-29(17-22-11-8-16-32-22)25(31)27-26(2,3)4/h5-13,16H,14-15,17-19H2,1-4H3,(H,27,31). The lowest BCUT2D eigenvalue weighted by molar-refractivity contribution is -0.132. The summed E-state index contributed by atoms with van der Waals surface area (Å²) < 4.78 is 11.1. The third-order valence-electron chi connectivity index (χ3n) is 5.03. The van der Waals surface area contributed by atoms with Crippen molar-refractivity contribution in [2.75, 3.05) is 13.1 Å². The van der Waals surface area contributed by atoms with Crippen molar-refractivity contribution in [3.8, 4) is 0 Å². The third kappa shape index (κ3) is 7.86. The van der Waals surface area contributed by atoms with Gasteiger partial charge in [-0.3, -0.25) is 4.79 Å². The number of nitrogens with one attached hydrogen (secondary N) is 1. The van der Waals surface area contributed by atoms with E-state index in [1.165, 1.54) is 4.90 Å². The van der Waals surface area contributed by atoms with Gasteiger partial charge in [-0.1, -0.05) is 30.3 Å². The van der Waals surface area contributed by atoms with Crippen LogP contribution in [-0.2, 0) is 24.3 Å². The molecule has 0 unspecified atom stereocenters. The van der Waals surface area contributed by atoms with Crippen LogP contribution in [0, 0.1) is 6.92 Å². The van der Waals surface area contributed by atoms with Crippen molar-refractivity contribution < 1.29 is 18.4 Å². The molecule has 33 heavy (non-hydrogen) atoms. The second-order valence-corrected chi connectivity index (χ2v) is 9.18. The molecule has 3 amide bonds. The lowest BCUT2D eigenvalue weighted by Gasteiger charge is -2.30. The summed E-state index contributed by atoms with van der Waals surface area (Å²) >= 11 is 0. The van der Waals surface area contributed by atoms with Crippen molar-refractivity contribution >= 4 is 11.9 Å². The minimum atomic E-state index is -0.430. The summed E-state index contributed by atoms with van der Waals surface area (Å²) in [5.41, 5.74) is 0.712. The summed E-state index contributed by atoms with van der Waals surface area (Å²) in [6, 6.07) is 17.0. The van der Waals surface area contributed by atoms with Gasteiger partial charge in [0.15, 0.2) is 0 Å². The first-order valence-corrected chi connectivity index (χ1v) is 11.2. The molecule has 0 spiro atoms. The Labute approximate surface area is 195 Å². The monoisotopic (exact) mass is 451 g/mol. The molecule has 7 heteroatoms. The van der Waals surface area contributed by atoms with E-state index < -0.39 is 5.54 Å². The molecular weight excluding hydrogens is 418 g/mol. The summed E-state index contributed by atoms with van der Waals surface area (Å²) in [5.74, 6) is 1.97. The van der Waals surface area contributed by atoms with E-state index >= 15 is 0 Å². The van der Waals surface area contributed by atoms with Crippen LogP contribution in [0.1, 0.15) is 43.6 Å². The molecule has 0 saturated heterocycles. The number of aryl methyl sites for hydroxylation is 1. The number of carbonyl (C=O) groups is 2. The Bertz CT molecular complexity index is 1020. The van der Waals surface area contributed by atoms with Crippen LogP contribution in [0.3, 0.4) is 0 Å². The molecule has 3 rings (SSSR count). The van der Waals surface area contributed by atoms with Crippen molar-refractivity contribution in [3.05, 3.63) is 83.7 Å². The normalized spacial score (nSPS) is 11.3. The Morgan fingerprint density at radius 2 is 1.64 bits per heavy atom. The fourth-order valence-electron chi connectivity index (χ4n) is 3.41. The van der Waals surface area contributed by atoms with Crippen molar-refractivity contribution in [2.24, 2.45) is 0 Å². The molecule has 3 aromatic rings. The van der Waals surface area contributed by atoms with Crippen molar-refractivity contribution in [3.63, 3.8) is 0 Å². The molecule has 176 valence electrons. The Hall–Kier alpha value is -3.48. The Kier molecular flexibility index (Phi) is 7.98. The Balaban J connectivity index is 1.75. The highest BCUT2D eigenvalue weighted by Gasteiger charge is 2.25. The number of furan rings is 2. The van der Waals surface area contributed by atoms with Gasteiger partial charge in [0.25, 0.3) is 0 Å². The first kappa shape index (κ1) is 24.2. The highest BCUT2D eigenvalue weighted by Crippen LogP contribution is 2.13. The molecule has 0 aliphatic heterocycles. The zero-order valence-corrected chi connectivity index (χ0v) is 19.8. The molecular formula is C26H33N3O4. The number of rotatable bonds is 9. The van der Waals surface area contributed by atoms with Crippen LogP contribution < -0.4 is 5.32 Å². The van der Waals surface area contributed by atoms with E-state index in [0.717, 1.165) is 11.3 Å². The van der Waals surface area contributed by atoms with E-state index in [2.05, 4.69) is 5.32 Å². The van der Waals surface area contributed by atoms with Gasteiger partial charge in [0, 0.05) is 12.1 Å². The minimum absolute atomic E-state index is 0.0723. The molecule has 0 aliphatic carbocycles. The van der Waals surface area contributed by atoms with Crippen LogP contribution in [0.25, 0.3) is 0 Å². The van der Waals surface area contributed by atoms with Crippen LogP contribution in [-0.4, -0.2) is 40.4 Å². The zero-order valence-electron chi connectivity index (χ0n) is 19.8. The van der Waals surface area contributed by atoms with Crippen LogP contribution in [0.4, 0.5) is 4.79 Å². The van der Waals surface area contributed by atoms with Gasteiger partial charge >= 0.3 is 6.03 Å². The predicted molar refractivity (Wildman–Crippen MR) is 126 cm³/mol. The molecule has 2 aromatic heterocycles. The number of hydrogen-bond donors (Lipinski definition) is 1. The number of nitrogens with zero attached hydrogens (tertiary/aromatic N) is 2. The van der Waals surface area contributed by atoms with Gasteiger partial charge in [-0.05, 0) is 63.9 Å². The van der Waals surface area contributed by atoms with E-state index in [1.807, 2.05) is 70.2 Å². The first-order valence-electron chi connectivity index (χ1n) is 11.2. The first-order chi connectivity index (χ1) is 15.7. The van der Waals surface area contributed by atoms with Gasteiger partial charge in [0.2, 0.25) is 5.91 Å². The third-order valence-corrected chi connectivity index (χ3v) is 5.03. The second kappa shape index (κ2) is 10.9. The predicted octanol–water partition coefficient (Wildman–Crippen LogP) is 4.76. The summed E-state index contributed by atoms with van der Waals surface area (Å²) in [7, 11) is 0. The van der Waals surface area contributed by atoms with Gasteiger partial charge in [-0.2, -0.15) is 0 Å². The molecule has 1 aromatic carbocycles. The Morgan fingerprint density at radius 1 is 0.909 bits per heavy atom. The second-order valence-electron chi connectivity index (χ2n) is 9.18. The van der Waals surface area contributed by atoms with Gasteiger partial charge in [-0.25, -0.2) is 4.79 Å². The number of urea groups is 1. The summed E-state index contributed by atoms with van der Waals surface area (Å²) in [4.78, 5) is 29.6. The number of amides is 3. The minimum Gasteiger partial charge on any atom is -0.467 e. The van der Waals surface area contributed by atoms with Crippen LogP contribution in [0.2, 0.25) is 0 Å². The van der Waals surface area contributed by atoms with Crippen LogP contribution in [0.15, 0.2) is 69.7 Å². The average Bonchev–Trinajstić information content (AvgIpc) is 3.41. The number of carbonyl (C=O) groups excluding carboxylic acids is 2. The maximum atomic E-state index is 13.4. The van der Waals surface area contributed by atoms with Gasteiger partial charge < -0.3 is 24.0 Å². The molecule has 0 saturated carbocycles. The molecule has 0 aliphatic rings. The maximum absolute atomic E-state index is 13.4. The molecule has 2 heterocycles. The molecule has 0 radical (unpaired) electrons. The van der Waals surface area contributed by atoms with Crippen LogP contribution in [0.5, 0.6) is 0 Å². The molecule has 0 atom stereocenters. The number of benzene rings is 1. The SMILES string of the molecule is Cc1ccc(CN(CCc2ccccc2)C(=O)CN(Cc2ccco2)C(=O)NC(C)(C)C)o1.